The van der Waals surface area contributed by atoms with E-state index in [4.69, 9.17) is 15.6 Å². The number of para-hydroxylation sites is 1. The molecule has 0 bridgehead atoms. The van der Waals surface area contributed by atoms with Crippen molar-refractivity contribution in [2.75, 3.05) is 31.3 Å². The lowest BCUT2D eigenvalue weighted by molar-refractivity contribution is -0.145. The van der Waals surface area contributed by atoms with Crippen LogP contribution >= 0.6 is 25.3 Å². The summed E-state index contributed by atoms with van der Waals surface area (Å²) in [4.78, 5) is 126. The van der Waals surface area contributed by atoms with E-state index in [1.165, 1.54) is 31.2 Å². The van der Waals surface area contributed by atoms with Gasteiger partial charge in [-0.2, -0.15) is 25.3 Å². The number of fused-ring (bicyclic) bond motifs is 1. The number of hydrogen-bond donors (Lipinski definition) is 17. The molecule has 27 heteroatoms. The number of nitrogens with one attached hydrogen (secondary N) is 9. The highest BCUT2D eigenvalue weighted by molar-refractivity contribution is 7.80. The Bertz CT molecular complexity index is 2680. The Labute approximate surface area is 466 Å². The van der Waals surface area contributed by atoms with Gasteiger partial charge in [-0.15, -0.1) is 0 Å². The molecule has 0 unspecified atom stereocenters. The molecule has 25 nitrogen and oxygen atoms in total. The SMILES string of the molecule is C[C@@H](O)[C@H](NC(=O)[C@H](CS)NC(=O)[C@@H](NC(=O)[C@H](CCCCN)NC(=O)[C@@H](Cc1c[nH]c2ccccc12)NC(=O)[C@H](Cc1ccc(O)cc1)NC(=O)[C@H](CS)NC(=O)[C@@H](Cc1ccccc1)NC(=O)OCCO)[C@@H](C)O)C(=O)O. The number of rotatable bonds is 32. The number of carbonyl (C=O) groups is 9. The molecule has 0 aliphatic rings. The van der Waals surface area contributed by atoms with E-state index in [0.29, 0.717) is 34.0 Å². The van der Waals surface area contributed by atoms with Crippen LogP contribution in [0.4, 0.5) is 4.79 Å². The van der Waals surface area contributed by atoms with Gasteiger partial charge in [0.1, 0.15) is 54.6 Å². The van der Waals surface area contributed by atoms with Crippen LogP contribution in [0, 0.1) is 0 Å². The first-order valence-corrected chi connectivity index (χ1v) is 26.5. The molecule has 3 aromatic carbocycles. The number of thiol groups is 2. The number of aliphatic hydroxyl groups excluding tert-OH is 3. The number of benzene rings is 3. The summed E-state index contributed by atoms with van der Waals surface area (Å²) < 4.78 is 4.92. The van der Waals surface area contributed by atoms with Crippen molar-refractivity contribution < 1.29 is 73.4 Å². The highest BCUT2D eigenvalue weighted by Crippen LogP contribution is 2.20. The molecule has 0 aliphatic carbocycles. The molecule has 0 radical (unpaired) electrons. The van der Waals surface area contributed by atoms with E-state index in [2.05, 4.69) is 72.8 Å². The van der Waals surface area contributed by atoms with E-state index in [9.17, 15) is 63.6 Å². The Balaban J connectivity index is 1.65. The third kappa shape index (κ3) is 20.4. The number of H-pyrrole nitrogens is 1. The van der Waals surface area contributed by atoms with Crippen molar-refractivity contribution in [3.63, 3.8) is 0 Å². The molecule has 4 aromatic rings. The Hall–Kier alpha value is -7.43. The van der Waals surface area contributed by atoms with E-state index in [1.807, 2.05) is 0 Å². The summed E-state index contributed by atoms with van der Waals surface area (Å²) in [6.07, 6.45) is -2.43. The highest BCUT2D eigenvalue weighted by Gasteiger charge is 2.36. The molecule has 10 atom stereocenters. The molecule has 430 valence electrons. The number of aromatic amines is 1. The average Bonchev–Trinajstić information content (AvgIpc) is 3.83. The summed E-state index contributed by atoms with van der Waals surface area (Å²) in [5.74, 6) is -9.01. The molecular weight excluding hydrogens is 1070 g/mol. The quantitative estimate of drug-likeness (QED) is 0.0190. The zero-order valence-corrected chi connectivity index (χ0v) is 45.2. The number of aliphatic carboxylic acids is 1. The maximum atomic E-state index is 14.7. The van der Waals surface area contributed by atoms with Gasteiger partial charge in [0.05, 0.1) is 18.8 Å². The number of alkyl carbamates (subject to hydrolysis) is 1. The molecule has 0 aliphatic heterocycles. The van der Waals surface area contributed by atoms with Crippen LogP contribution in [0.15, 0.2) is 85.1 Å². The third-order valence-electron chi connectivity index (χ3n) is 12.3. The number of unbranched alkanes of at least 4 members (excludes halogenated alkanes) is 1. The number of nitrogens with two attached hydrogens (primary N) is 1. The maximum absolute atomic E-state index is 14.7. The second-order valence-electron chi connectivity index (χ2n) is 18.4. The van der Waals surface area contributed by atoms with Gasteiger partial charge in [-0.25, -0.2) is 9.59 Å². The lowest BCUT2D eigenvalue weighted by atomic mass is 10.0. The van der Waals surface area contributed by atoms with Gasteiger partial charge in [-0.05, 0) is 74.5 Å². The average molecular weight is 1140 g/mol. The van der Waals surface area contributed by atoms with Gasteiger partial charge >= 0.3 is 12.1 Å². The number of ether oxygens (including phenoxy) is 1. The smallest absolute Gasteiger partial charge is 0.407 e. The molecule has 16 N–H and O–H groups in total. The van der Waals surface area contributed by atoms with Crippen molar-refractivity contribution in [1.29, 1.82) is 0 Å². The van der Waals surface area contributed by atoms with Gasteiger partial charge in [0.15, 0.2) is 6.04 Å². The zero-order chi connectivity index (χ0) is 58.2. The standard InChI is InChI=1S/C52H70N10O15S2/c1-28(64)42(50(73)59-41(27-79)49(72)62-43(29(2)65)51(74)75)61-44(67)36(14-8-9-19-53)55-47(70)39(24-32-25-54-35-13-7-6-12-34(32)35)57-45(68)37(23-31-15-17-33(66)18-16-31)56-48(71)40(26-78)58-46(69)38(60-52(76)77-21-20-63)22-30-10-4-3-5-11-30/h3-7,10-13,15-18,25,28-29,36-43,54,63-66,78-79H,8-9,14,19-24,26-27,53H2,1-2H3,(H,55,70)(H,56,71)(H,57,68)(H,58,69)(H,59,73)(H,60,76)(H,61,67)(H,62,72)(H,74,75)/t28-,29-,36+,37+,38-,39-,40+,41+,42+,43+/m1/s1. The van der Waals surface area contributed by atoms with Crippen molar-refractivity contribution in [3.8, 4) is 5.75 Å². The van der Waals surface area contributed by atoms with Gasteiger partial charge in [-0.3, -0.25) is 33.6 Å². The van der Waals surface area contributed by atoms with Crippen LogP contribution in [-0.2, 0) is 62.4 Å². The van der Waals surface area contributed by atoms with Crippen LogP contribution in [0.5, 0.6) is 5.75 Å². The fourth-order valence-electron chi connectivity index (χ4n) is 7.99. The largest absolute Gasteiger partial charge is 0.508 e. The van der Waals surface area contributed by atoms with Crippen LogP contribution < -0.4 is 48.3 Å². The summed E-state index contributed by atoms with van der Waals surface area (Å²) in [5, 5.41) is 69.8. The van der Waals surface area contributed by atoms with Crippen molar-refractivity contribution >= 4 is 89.6 Å². The fraction of sp³-hybridized carbons (Fsp3) is 0.442. The number of aromatic nitrogens is 1. The number of carboxylic acids is 1. The van der Waals surface area contributed by atoms with Crippen LogP contribution in [-0.4, -0.2) is 176 Å². The lowest BCUT2D eigenvalue weighted by Crippen LogP contribution is -2.62. The predicted molar refractivity (Wildman–Crippen MR) is 294 cm³/mol. The number of carboxylic acid groups (broad SMARTS) is 1. The number of carbonyl (C=O) groups excluding carboxylic acids is 8. The van der Waals surface area contributed by atoms with E-state index >= 15 is 0 Å². The number of aliphatic hydroxyl groups is 3. The fourth-order valence-corrected chi connectivity index (χ4v) is 8.50. The van der Waals surface area contributed by atoms with Gasteiger partial charge in [0, 0.05) is 47.9 Å². The van der Waals surface area contributed by atoms with E-state index in [1.54, 1.807) is 60.8 Å². The minimum atomic E-state index is -1.76. The molecule has 4 rings (SSSR count). The van der Waals surface area contributed by atoms with Gasteiger partial charge in [0.2, 0.25) is 41.4 Å². The first-order chi connectivity index (χ1) is 37.7. The molecule has 0 fully saturated rings. The molecule has 0 saturated carbocycles. The molecule has 1 heterocycles. The Morgan fingerprint density at radius 1 is 0.570 bits per heavy atom. The monoisotopic (exact) mass is 1140 g/mol. The Morgan fingerprint density at radius 3 is 1.59 bits per heavy atom. The van der Waals surface area contributed by atoms with Crippen molar-refractivity contribution in [1.82, 2.24) is 47.5 Å². The lowest BCUT2D eigenvalue weighted by Gasteiger charge is -2.28. The van der Waals surface area contributed by atoms with Gasteiger partial charge < -0.3 is 83.5 Å². The second-order valence-corrected chi connectivity index (χ2v) is 19.2. The van der Waals surface area contributed by atoms with Gasteiger partial charge in [-0.1, -0.05) is 60.7 Å². The first kappa shape index (κ1) is 64.1. The summed E-state index contributed by atoms with van der Waals surface area (Å²) in [7, 11) is 0. The number of hydrogen-bond acceptors (Lipinski definition) is 17. The second kappa shape index (κ2) is 32.5. The van der Waals surface area contributed by atoms with Gasteiger partial charge in [0.25, 0.3) is 0 Å². The summed E-state index contributed by atoms with van der Waals surface area (Å²) in [5.41, 5.74) is 8.08. The number of amides is 8. The minimum Gasteiger partial charge on any atom is -0.508 e. The highest BCUT2D eigenvalue weighted by atomic mass is 32.1. The molecule has 8 amide bonds. The molecule has 0 saturated heterocycles. The number of phenolic OH excluding ortho intramolecular Hbond substituents is 1. The van der Waals surface area contributed by atoms with Crippen molar-refractivity contribution in [2.45, 2.75) is 113 Å². The number of aromatic hydroxyl groups is 1. The normalized spacial score (nSPS) is 14.9. The third-order valence-corrected chi connectivity index (χ3v) is 13.0. The molecular formula is C52H70N10O15S2. The Kier molecular flexibility index (Phi) is 26.3. The molecule has 79 heavy (non-hydrogen) atoms. The number of phenols is 1. The summed E-state index contributed by atoms with van der Waals surface area (Å²) in [6.45, 7) is 1.67. The van der Waals surface area contributed by atoms with Crippen LogP contribution in [0.3, 0.4) is 0 Å². The molecule has 0 spiro atoms. The first-order valence-electron chi connectivity index (χ1n) is 25.2. The van der Waals surface area contributed by atoms with Crippen molar-refractivity contribution in [3.05, 3.63) is 102 Å². The predicted octanol–water partition coefficient (Wildman–Crippen LogP) is -1.78. The van der Waals surface area contributed by atoms with Crippen LogP contribution in [0.2, 0.25) is 0 Å². The summed E-state index contributed by atoms with van der Waals surface area (Å²) >= 11 is 8.39. The van der Waals surface area contributed by atoms with Crippen LogP contribution in [0.25, 0.3) is 10.9 Å². The van der Waals surface area contributed by atoms with Crippen molar-refractivity contribution in [2.24, 2.45) is 5.73 Å². The molecule has 1 aromatic heterocycles. The van der Waals surface area contributed by atoms with Crippen LogP contribution in [0.1, 0.15) is 49.8 Å². The van der Waals surface area contributed by atoms with E-state index in [0.717, 1.165) is 6.92 Å². The minimum absolute atomic E-state index is 0.0411. The summed E-state index contributed by atoms with van der Waals surface area (Å²) in [6, 6.07) is 9.23. The van der Waals surface area contributed by atoms with E-state index < -0.39 is 121 Å². The van der Waals surface area contributed by atoms with E-state index in [-0.39, 0.29) is 62.5 Å². The zero-order valence-electron chi connectivity index (χ0n) is 43.4. The Morgan fingerprint density at radius 2 is 1.04 bits per heavy atom. The topological polar surface area (TPSA) is 402 Å². The maximum Gasteiger partial charge on any atom is 0.407 e.